The fourth-order valence-corrected chi connectivity index (χ4v) is 3.26. The molecule has 5 heteroatoms. The number of nitrogens with zero attached hydrogens (tertiary/aromatic N) is 5. The standard InChI is InChI=1S/C18H17N5/c1-13-20-9-14-5-7-22(12-17(14)21-13)10-15-11-23-6-3-2-4-18(23)16(15)8-19/h2-4,6,9,11H,5,7,10,12H2,1H3. The topological polar surface area (TPSA) is 57.2 Å². The maximum Gasteiger partial charge on any atom is 0.125 e. The summed E-state index contributed by atoms with van der Waals surface area (Å²) in [5.74, 6) is 0.818. The van der Waals surface area contributed by atoms with Gasteiger partial charge in [-0.25, -0.2) is 9.97 Å². The van der Waals surface area contributed by atoms with Gasteiger partial charge in [-0.3, -0.25) is 4.90 Å². The highest BCUT2D eigenvalue weighted by Crippen LogP contribution is 2.23. The molecule has 3 aromatic heterocycles. The zero-order chi connectivity index (χ0) is 15.8. The third kappa shape index (κ3) is 2.47. The molecule has 4 heterocycles. The fourth-order valence-electron chi connectivity index (χ4n) is 3.26. The van der Waals surface area contributed by atoms with Crippen molar-refractivity contribution in [2.75, 3.05) is 6.54 Å². The summed E-state index contributed by atoms with van der Waals surface area (Å²) in [4.78, 5) is 11.2. The molecule has 0 N–H and O–H groups in total. The van der Waals surface area contributed by atoms with Crippen molar-refractivity contribution >= 4 is 5.52 Å². The van der Waals surface area contributed by atoms with Crippen LogP contribution in [-0.4, -0.2) is 25.8 Å². The molecule has 0 aromatic carbocycles. The summed E-state index contributed by atoms with van der Waals surface area (Å²) in [5, 5.41) is 9.53. The van der Waals surface area contributed by atoms with Gasteiger partial charge in [0.2, 0.25) is 0 Å². The van der Waals surface area contributed by atoms with E-state index in [1.807, 2.05) is 41.9 Å². The van der Waals surface area contributed by atoms with Gasteiger partial charge < -0.3 is 4.40 Å². The van der Waals surface area contributed by atoms with Crippen molar-refractivity contribution in [1.29, 1.82) is 5.26 Å². The number of hydrogen-bond acceptors (Lipinski definition) is 4. The Kier molecular flexibility index (Phi) is 3.32. The van der Waals surface area contributed by atoms with Crippen LogP contribution in [0.25, 0.3) is 5.52 Å². The molecule has 4 rings (SSSR count). The lowest BCUT2D eigenvalue weighted by atomic mass is 10.1. The van der Waals surface area contributed by atoms with Gasteiger partial charge in [0.05, 0.1) is 16.8 Å². The third-order valence-electron chi connectivity index (χ3n) is 4.41. The van der Waals surface area contributed by atoms with Crippen LogP contribution in [0.15, 0.2) is 36.8 Å². The molecule has 0 bridgehead atoms. The predicted molar refractivity (Wildman–Crippen MR) is 86.7 cm³/mol. The smallest absolute Gasteiger partial charge is 0.125 e. The number of aryl methyl sites for hydroxylation is 1. The number of hydrogen-bond donors (Lipinski definition) is 0. The van der Waals surface area contributed by atoms with E-state index in [1.54, 1.807) is 0 Å². The van der Waals surface area contributed by atoms with Crippen molar-refractivity contribution in [3.8, 4) is 6.07 Å². The average Bonchev–Trinajstić information content (AvgIpc) is 2.91. The second-order valence-corrected chi connectivity index (χ2v) is 5.98. The molecule has 3 aromatic rings. The normalized spacial score (nSPS) is 14.6. The second-order valence-electron chi connectivity index (χ2n) is 5.98. The maximum absolute atomic E-state index is 9.53. The number of nitriles is 1. The van der Waals surface area contributed by atoms with Gasteiger partial charge in [-0.1, -0.05) is 6.07 Å². The van der Waals surface area contributed by atoms with Crippen LogP contribution in [0.2, 0.25) is 0 Å². The molecule has 114 valence electrons. The van der Waals surface area contributed by atoms with Crippen LogP contribution in [0.1, 0.15) is 28.2 Å². The molecule has 23 heavy (non-hydrogen) atoms. The zero-order valence-electron chi connectivity index (χ0n) is 13.0. The minimum atomic E-state index is 0.771. The van der Waals surface area contributed by atoms with Gasteiger partial charge in [0, 0.05) is 43.8 Å². The highest BCUT2D eigenvalue weighted by Gasteiger charge is 2.20. The van der Waals surface area contributed by atoms with Gasteiger partial charge in [0.1, 0.15) is 11.9 Å². The van der Waals surface area contributed by atoms with E-state index in [1.165, 1.54) is 5.56 Å². The van der Waals surface area contributed by atoms with Crippen LogP contribution in [-0.2, 0) is 19.5 Å². The minimum Gasteiger partial charge on any atom is -0.322 e. The number of aromatic nitrogens is 3. The first-order chi connectivity index (χ1) is 11.2. The van der Waals surface area contributed by atoms with E-state index < -0.39 is 0 Å². The van der Waals surface area contributed by atoms with E-state index in [0.29, 0.717) is 0 Å². The number of pyridine rings is 1. The largest absolute Gasteiger partial charge is 0.322 e. The van der Waals surface area contributed by atoms with Crippen LogP contribution in [0, 0.1) is 18.3 Å². The summed E-state index contributed by atoms with van der Waals surface area (Å²) < 4.78 is 2.03. The molecule has 0 saturated heterocycles. The summed E-state index contributed by atoms with van der Waals surface area (Å²) in [7, 11) is 0. The first-order valence-corrected chi connectivity index (χ1v) is 7.77. The van der Waals surface area contributed by atoms with E-state index in [4.69, 9.17) is 0 Å². The predicted octanol–water partition coefficient (Wildman–Crippen LogP) is 2.47. The molecule has 0 atom stereocenters. The molecule has 0 fully saturated rings. The van der Waals surface area contributed by atoms with Crippen molar-refractivity contribution in [2.24, 2.45) is 0 Å². The highest BCUT2D eigenvalue weighted by molar-refractivity contribution is 5.65. The minimum absolute atomic E-state index is 0.771. The van der Waals surface area contributed by atoms with E-state index in [0.717, 1.165) is 54.2 Å². The van der Waals surface area contributed by atoms with E-state index in [2.05, 4.69) is 27.1 Å². The summed E-state index contributed by atoms with van der Waals surface area (Å²) >= 11 is 0. The van der Waals surface area contributed by atoms with E-state index in [-0.39, 0.29) is 0 Å². The molecule has 1 aliphatic rings. The van der Waals surface area contributed by atoms with Crippen LogP contribution < -0.4 is 0 Å². The monoisotopic (exact) mass is 303 g/mol. The lowest BCUT2D eigenvalue weighted by Crippen LogP contribution is -2.31. The quantitative estimate of drug-likeness (QED) is 0.730. The molecular weight excluding hydrogens is 286 g/mol. The molecule has 0 aliphatic carbocycles. The van der Waals surface area contributed by atoms with Crippen LogP contribution in [0.3, 0.4) is 0 Å². The molecule has 1 aliphatic heterocycles. The summed E-state index contributed by atoms with van der Waals surface area (Å²) in [6, 6.07) is 8.30. The molecule has 0 spiro atoms. The Morgan fingerprint density at radius 3 is 3.13 bits per heavy atom. The first kappa shape index (κ1) is 13.9. The van der Waals surface area contributed by atoms with Gasteiger partial charge in [0.25, 0.3) is 0 Å². The van der Waals surface area contributed by atoms with Crippen LogP contribution in [0.5, 0.6) is 0 Å². The van der Waals surface area contributed by atoms with Gasteiger partial charge in [0.15, 0.2) is 0 Å². The lowest BCUT2D eigenvalue weighted by molar-refractivity contribution is 0.240. The SMILES string of the molecule is Cc1ncc2c(n1)CN(Cc1cn3ccccc3c1C#N)CC2. The van der Waals surface area contributed by atoms with Crippen molar-refractivity contribution in [2.45, 2.75) is 26.4 Å². The Hall–Kier alpha value is -2.71. The Bertz CT molecular complexity index is 919. The van der Waals surface area contributed by atoms with E-state index >= 15 is 0 Å². The highest BCUT2D eigenvalue weighted by atomic mass is 15.1. The molecule has 0 saturated carbocycles. The van der Waals surface area contributed by atoms with Crippen molar-refractivity contribution < 1.29 is 0 Å². The first-order valence-electron chi connectivity index (χ1n) is 7.77. The van der Waals surface area contributed by atoms with Crippen LogP contribution >= 0.6 is 0 Å². The average molecular weight is 303 g/mol. The second kappa shape index (κ2) is 5.49. The maximum atomic E-state index is 9.53. The van der Waals surface area contributed by atoms with Gasteiger partial charge in [-0.05, 0) is 31.0 Å². The summed E-state index contributed by atoms with van der Waals surface area (Å²) in [6.07, 6.45) is 6.96. The van der Waals surface area contributed by atoms with Gasteiger partial charge in [-0.2, -0.15) is 5.26 Å². The zero-order valence-corrected chi connectivity index (χ0v) is 13.0. The summed E-state index contributed by atoms with van der Waals surface area (Å²) in [5.41, 5.74) is 5.18. The van der Waals surface area contributed by atoms with Gasteiger partial charge >= 0.3 is 0 Å². The molecule has 0 amide bonds. The lowest BCUT2D eigenvalue weighted by Gasteiger charge is -2.27. The molecule has 0 radical (unpaired) electrons. The fraction of sp³-hybridized carbons (Fsp3) is 0.278. The number of rotatable bonds is 2. The molecule has 5 nitrogen and oxygen atoms in total. The molecular formula is C18H17N5. The van der Waals surface area contributed by atoms with E-state index in [9.17, 15) is 5.26 Å². The number of fused-ring (bicyclic) bond motifs is 2. The Balaban J connectivity index is 1.63. The Morgan fingerprint density at radius 2 is 2.26 bits per heavy atom. The van der Waals surface area contributed by atoms with Gasteiger partial charge in [-0.15, -0.1) is 0 Å². The Labute approximate surface area is 134 Å². The van der Waals surface area contributed by atoms with Crippen molar-refractivity contribution in [3.05, 3.63) is 65.0 Å². The van der Waals surface area contributed by atoms with Crippen molar-refractivity contribution in [3.63, 3.8) is 0 Å². The third-order valence-corrected chi connectivity index (χ3v) is 4.41. The van der Waals surface area contributed by atoms with Crippen LogP contribution in [0.4, 0.5) is 0 Å². The van der Waals surface area contributed by atoms with Crippen molar-refractivity contribution in [1.82, 2.24) is 19.3 Å². The Morgan fingerprint density at radius 1 is 1.35 bits per heavy atom. The molecule has 0 unspecified atom stereocenters. The summed E-state index contributed by atoms with van der Waals surface area (Å²) in [6.45, 7) is 4.48.